The lowest BCUT2D eigenvalue weighted by molar-refractivity contribution is -0.122. The Morgan fingerprint density at radius 2 is 2.05 bits per heavy atom. The number of carbonyl (C=O) groups excluding carboxylic acids is 1. The highest BCUT2D eigenvalue weighted by atomic mass is 16.3. The van der Waals surface area contributed by atoms with Gasteiger partial charge in [0, 0.05) is 11.7 Å². The van der Waals surface area contributed by atoms with E-state index in [0.29, 0.717) is 0 Å². The Hall–Kier alpha value is -1.39. The zero-order chi connectivity index (χ0) is 14.7. The first kappa shape index (κ1) is 14.5. The number of likely N-dealkylation sites (tertiary alicyclic amines) is 1. The molecule has 1 fully saturated rings. The average molecular weight is 288 g/mol. The van der Waals surface area contributed by atoms with Gasteiger partial charge in [-0.2, -0.15) is 0 Å². The third-order valence-electron chi connectivity index (χ3n) is 4.80. The van der Waals surface area contributed by atoms with E-state index in [-0.39, 0.29) is 24.6 Å². The van der Waals surface area contributed by atoms with Crippen LogP contribution in [0.2, 0.25) is 0 Å². The summed E-state index contributed by atoms with van der Waals surface area (Å²) < 4.78 is 0. The number of fused-ring (bicyclic) bond motifs is 1. The molecule has 2 N–H and O–H groups in total. The molecule has 0 saturated carbocycles. The summed E-state index contributed by atoms with van der Waals surface area (Å²) in [6, 6.07) is 8.05. The van der Waals surface area contributed by atoms with E-state index in [9.17, 15) is 9.90 Å². The predicted octanol–water partition coefficient (Wildman–Crippen LogP) is 2.18. The molecule has 2 unspecified atom stereocenters. The van der Waals surface area contributed by atoms with Crippen molar-refractivity contribution in [3.63, 3.8) is 0 Å². The summed E-state index contributed by atoms with van der Waals surface area (Å²) >= 11 is 0. The largest absolute Gasteiger partial charge is 0.395 e. The van der Waals surface area contributed by atoms with Crippen LogP contribution in [-0.2, 0) is 11.2 Å². The van der Waals surface area contributed by atoms with Gasteiger partial charge in [-0.3, -0.25) is 9.69 Å². The van der Waals surface area contributed by atoms with Gasteiger partial charge in [-0.25, -0.2) is 0 Å². The molecule has 1 aromatic carbocycles. The molecule has 0 aliphatic carbocycles. The van der Waals surface area contributed by atoms with E-state index in [1.807, 2.05) is 18.2 Å². The molecule has 3 rings (SSSR count). The quantitative estimate of drug-likeness (QED) is 0.877. The Morgan fingerprint density at radius 3 is 2.90 bits per heavy atom. The molecule has 21 heavy (non-hydrogen) atoms. The van der Waals surface area contributed by atoms with Crippen molar-refractivity contribution >= 4 is 11.6 Å². The van der Waals surface area contributed by atoms with Crippen LogP contribution in [0.25, 0.3) is 0 Å². The maximum absolute atomic E-state index is 12.6. The second-order valence-corrected chi connectivity index (χ2v) is 6.12. The van der Waals surface area contributed by atoms with Gasteiger partial charge < -0.3 is 10.4 Å². The number of aryl methyl sites for hydroxylation is 1. The summed E-state index contributed by atoms with van der Waals surface area (Å²) in [5.74, 6) is 0.0836. The first-order valence-corrected chi connectivity index (χ1v) is 8.05. The Balaban J connectivity index is 1.80. The highest BCUT2D eigenvalue weighted by Gasteiger charge is 2.33. The molecule has 1 aromatic rings. The van der Waals surface area contributed by atoms with E-state index in [4.69, 9.17) is 0 Å². The van der Waals surface area contributed by atoms with Gasteiger partial charge in [0.05, 0.1) is 12.6 Å². The number of carbonyl (C=O) groups is 1. The van der Waals surface area contributed by atoms with Crippen molar-refractivity contribution < 1.29 is 9.90 Å². The van der Waals surface area contributed by atoms with Gasteiger partial charge in [0.2, 0.25) is 5.91 Å². The topological polar surface area (TPSA) is 52.6 Å². The molecular formula is C17H24N2O2. The number of rotatable bonds is 2. The molecule has 1 amide bonds. The molecule has 0 radical (unpaired) electrons. The molecule has 2 heterocycles. The second-order valence-electron chi connectivity index (χ2n) is 6.12. The molecule has 0 aromatic heterocycles. The zero-order valence-corrected chi connectivity index (χ0v) is 12.4. The highest BCUT2D eigenvalue weighted by molar-refractivity contribution is 5.96. The fraction of sp³-hybridized carbons (Fsp3) is 0.588. The van der Waals surface area contributed by atoms with Crippen molar-refractivity contribution in [1.82, 2.24) is 4.90 Å². The zero-order valence-electron chi connectivity index (χ0n) is 12.4. The monoisotopic (exact) mass is 288 g/mol. The van der Waals surface area contributed by atoms with Gasteiger partial charge in [0.1, 0.15) is 0 Å². The lowest BCUT2D eigenvalue weighted by Gasteiger charge is -2.34. The van der Waals surface area contributed by atoms with Crippen molar-refractivity contribution in [2.45, 2.75) is 50.6 Å². The van der Waals surface area contributed by atoms with Crippen molar-refractivity contribution in [3.05, 3.63) is 29.8 Å². The van der Waals surface area contributed by atoms with Gasteiger partial charge in [0.25, 0.3) is 0 Å². The van der Waals surface area contributed by atoms with Gasteiger partial charge >= 0.3 is 0 Å². The normalized spacial score (nSPS) is 27.4. The molecule has 4 heteroatoms. The average Bonchev–Trinajstić information content (AvgIpc) is 2.82. The molecule has 2 aliphatic rings. The molecule has 1 saturated heterocycles. The van der Waals surface area contributed by atoms with Crippen LogP contribution in [0.15, 0.2) is 24.3 Å². The van der Waals surface area contributed by atoms with Crippen LogP contribution in [0.4, 0.5) is 5.69 Å². The number of benzene rings is 1. The minimum absolute atomic E-state index is 0.0836. The minimum Gasteiger partial charge on any atom is -0.395 e. The van der Waals surface area contributed by atoms with Crippen molar-refractivity contribution in [1.29, 1.82) is 0 Å². The van der Waals surface area contributed by atoms with E-state index < -0.39 is 0 Å². The SMILES string of the molecule is O=C1Nc2ccccc2CCC1N1CCCCCC1CO. The summed E-state index contributed by atoms with van der Waals surface area (Å²) in [5, 5.41) is 12.7. The summed E-state index contributed by atoms with van der Waals surface area (Å²) in [5.41, 5.74) is 2.16. The van der Waals surface area contributed by atoms with Crippen LogP contribution in [0, 0.1) is 0 Å². The highest BCUT2D eigenvalue weighted by Crippen LogP contribution is 2.27. The number of aliphatic hydroxyl groups is 1. The maximum atomic E-state index is 12.6. The number of hydrogen-bond acceptors (Lipinski definition) is 3. The standard InChI is InChI=1S/C17H24N2O2/c20-12-14-7-2-1-5-11-19(14)16-10-9-13-6-3-4-8-15(13)18-17(16)21/h3-4,6,8,14,16,20H,1-2,5,7,9-12H2,(H,18,21). The van der Waals surface area contributed by atoms with Crippen molar-refractivity contribution in [3.8, 4) is 0 Å². The summed E-state index contributed by atoms with van der Waals surface area (Å²) in [7, 11) is 0. The fourth-order valence-electron chi connectivity index (χ4n) is 3.62. The summed E-state index contributed by atoms with van der Waals surface area (Å²) in [4.78, 5) is 14.9. The van der Waals surface area contributed by atoms with E-state index in [1.54, 1.807) is 0 Å². The molecule has 0 spiro atoms. The van der Waals surface area contributed by atoms with E-state index in [0.717, 1.165) is 44.3 Å². The van der Waals surface area contributed by atoms with E-state index in [2.05, 4.69) is 16.3 Å². The van der Waals surface area contributed by atoms with Crippen LogP contribution < -0.4 is 5.32 Å². The van der Waals surface area contributed by atoms with E-state index in [1.165, 1.54) is 12.0 Å². The van der Waals surface area contributed by atoms with Crippen LogP contribution >= 0.6 is 0 Å². The lowest BCUT2D eigenvalue weighted by atomic mass is 10.0. The molecule has 4 nitrogen and oxygen atoms in total. The van der Waals surface area contributed by atoms with Crippen LogP contribution in [-0.4, -0.2) is 41.1 Å². The number of para-hydroxylation sites is 1. The number of nitrogens with one attached hydrogen (secondary N) is 1. The fourth-order valence-corrected chi connectivity index (χ4v) is 3.62. The smallest absolute Gasteiger partial charge is 0.241 e. The number of hydrogen-bond donors (Lipinski definition) is 2. The molecule has 2 aliphatic heterocycles. The Labute approximate surface area is 126 Å². The number of amides is 1. The predicted molar refractivity (Wildman–Crippen MR) is 83.2 cm³/mol. The first-order chi connectivity index (χ1) is 10.3. The molecule has 2 atom stereocenters. The van der Waals surface area contributed by atoms with Crippen LogP contribution in [0.5, 0.6) is 0 Å². The van der Waals surface area contributed by atoms with Crippen molar-refractivity contribution in [2.75, 3.05) is 18.5 Å². The van der Waals surface area contributed by atoms with Crippen LogP contribution in [0.3, 0.4) is 0 Å². The van der Waals surface area contributed by atoms with Crippen molar-refractivity contribution in [2.24, 2.45) is 0 Å². The number of nitrogens with zero attached hydrogens (tertiary/aromatic N) is 1. The molecular weight excluding hydrogens is 264 g/mol. The van der Waals surface area contributed by atoms with Gasteiger partial charge in [-0.15, -0.1) is 0 Å². The van der Waals surface area contributed by atoms with Gasteiger partial charge in [-0.05, 0) is 43.9 Å². The molecule has 114 valence electrons. The van der Waals surface area contributed by atoms with Crippen LogP contribution in [0.1, 0.15) is 37.7 Å². The van der Waals surface area contributed by atoms with E-state index >= 15 is 0 Å². The molecule has 0 bridgehead atoms. The third kappa shape index (κ3) is 3.11. The number of anilines is 1. The van der Waals surface area contributed by atoms with Gasteiger partial charge in [0.15, 0.2) is 0 Å². The van der Waals surface area contributed by atoms with Gasteiger partial charge in [-0.1, -0.05) is 31.0 Å². The summed E-state index contributed by atoms with van der Waals surface area (Å²) in [6.07, 6.45) is 6.20. The Bertz CT molecular complexity index is 503. The lowest BCUT2D eigenvalue weighted by Crippen LogP contribution is -2.50. The Kier molecular flexibility index (Phi) is 4.56. The first-order valence-electron chi connectivity index (χ1n) is 8.05. The third-order valence-corrected chi connectivity index (χ3v) is 4.80. The second kappa shape index (κ2) is 6.58. The summed E-state index contributed by atoms with van der Waals surface area (Å²) in [6.45, 7) is 1.07. The maximum Gasteiger partial charge on any atom is 0.241 e. The Morgan fingerprint density at radius 1 is 1.19 bits per heavy atom. The minimum atomic E-state index is -0.118. The number of aliphatic hydroxyl groups excluding tert-OH is 1.